The molecule has 1 atom stereocenters. The summed E-state index contributed by atoms with van der Waals surface area (Å²) in [6, 6.07) is 14.1. The third-order valence-electron chi connectivity index (χ3n) is 5.05. The van der Waals surface area contributed by atoms with Crippen LogP contribution in [0.2, 0.25) is 0 Å². The molecule has 0 aliphatic carbocycles. The van der Waals surface area contributed by atoms with E-state index in [-0.39, 0.29) is 16.7 Å². The highest BCUT2D eigenvalue weighted by molar-refractivity contribution is 7.92. The van der Waals surface area contributed by atoms with Gasteiger partial charge < -0.3 is 4.42 Å². The highest BCUT2D eigenvalue weighted by Crippen LogP contribution is 2.26. The van der Waals surface area contributed by atoms with Crippen LogP contribution in [-0.4, -0.2) is 26.1 Å². The lowest BCUT2D eigenvalue weighted by Crippen LogP contribution is -2.29. The van der Waals surface area contributed by atoms with E-state index < -0.39 is 16.1 Å². The molecule has 9 nitrogen and oxygen atoms in total. The van der Waals surface area contributed by atoms with Gasteiger partial charge in [0.15, 0.2) is 6.04 Å². The van der Waals surface area contributed by atoms with Crippen molar-refractivity contribution in [1.29, 1.82) is 0 Å². The van der Waals surface area contributed by atoms with Crippen molar-refractivity contribution in [2.75, 3.05) is 9.73 Å². The Hall–Kier alpha value is -3.79. The standard InChI is InChI=1S/C22H21N5O4S/c1-14-13-31-21(15(14)2)26-32(29,30)19-11-9-17(10-12-19)23-24-20-16(3)25-27(22(20)28)18-7-5-4-6-8-18/h4-13,20,26H,1-3H3/t20-/m1/s1. The van der Waals surface area contributed by atoms with E-state index in [1.807, 2.05) is 25.1 Å². The molecule has 4 rings (SSSR count). The summed E-state index contributed by atoms with van der Waals surface area (Å²) in [6.45, 7) is 5.32. The summed E-state index contributed by atoms with van der Waals surface area (Å²) < 4.78 is 32.9. The predicted molar refractivity (Wildman–Crippen MR) is 121 cm³/mol. The van der Waals surface area contributed by atoms with Crippen molar-refractivity contribution in [3.63, 3.8) is 0 Å². The number of rotatable bonds is 6. The highest BCUT2D eigenvalue weighted by atomic mass is 32.2. The number of carbonyl (C=O) groups is 1. The molecule has 2 aromatic carbocycles. The van der Waals surface area contributed by atoms with Gasteiger partial charge in [0.1, 0.15) is 0 Å². The third kappa shape index (κ3) is 4.17. The average Bonchev–Trinajstić information content (AvgIpc) is 3.25. The summed E-state index contributed by atoms with van der Waals surface area (Å²) in [5.74, 6) is -0.117. The number of sulfonamides is 1. The number of hydrogen-bond acceptors (Lipinski definition) is 7. The van der Waals surface area contributed by atoms with Crippen LogP contribution in [0.25, 0.3) is 0 Å². The fourth-order valence-electron chi connectivity index (χ4n) is 3.04. The van der Waals surface area contributed by atoms with Gasteiger partial charge in [0.2, 0.25) is 5.88 Å². The summed E-state index contributed by atoms with van der Waals surface area (Å²) in [4.78, 5) is 12.7. The Labute approximate surface area is 185 Å². The number of para-hydroxylation sites is 1. The van der Waals surface area contributed by atoms with Gasteiger partial charge in [-0.1, -0.05) is 18.2 Å². The Morgan fingerprint density at radius 3 is 2.34 bits per heavy atom. The number of hydrazone groups is 1. The second kappa shape index (κ2) is 8.39. The van der Waals surface area contributed by atoms with Gasteiger partial charge in [-0.05, 0) is 62.7 Å². The molecule has 0 saturated heterocycles. The molecule has 3 aromatic rings. The molecule has 0 unspecified atom stereocenters. The predicted octanol–water partition coefficient (Wildman–Crippen LogP) is 4.57. The van der Waals surface area contributed by atoms with E-state index in [0.717, 1.165) is 11.1 Å². The van der Waals surface area contributed by atoms with E-state index >= 15 is 0 Å². The Balaban J connectivity index is 1.47. The van der Waals surface area contributed by atoms with Crippen LogP contribution in [-0.2, 0) is 14.8 Å². The number of carbonyl (C=O) groups excluding carboxylic acids is 1. The summed E-state index contributed by atoms with van der Waals surface area (Å²) in [7, 11) is -3.82. The number of nitrogens with one attached hydrogen (secondary N) is 1. The number of furan rings is 1. The number of anilines is 2. The number of aryl methyl sites for hydroxylation is 1. The molecule has 1 amide bonds. The Morgan fingerprint density at radius 2 is 1.72 bits per heavy atom. The number of nitrogens with zero attached hydrogens (tertiary/aromatic N) is 4. The van der Waals surface area contributed by atoms with E-state index in [0.29, 0.717) is 17.1 Å². The molecule has 0 spiro atoms. The van der Waals surface area contributed by atoms with Crippen molar-refractivity contribution in [3.05, 3.63) is 72.0 Å². The zero-order chi connectivity index (χ0) is 22.9. The largest absolute Gasteiger partial charge is 0.447 e. The molecule has 1 aromatic heterocycles. The van der Waals surface area contributed by atoms with Gasteiger partial charge in [0.05, 0.1) is 28.2 Å². The van der Waals surface area contributed by atoms with Crippen LogP contribution >= 0.6 is 0 Å². The van der Waals surface area contributed by atoms with Crippen molar-refractivity contribution >= 4 is 38.9 Å². The first-order chi connectivity index (χ1) is 15.3. The van der Waals surface area contributed by atoms with Gasteiger partial charge in [-0.15, -0.1) is 0 Å². The molecule has 32 heavy (non-hydrogen) atoms. The van der Waals surface area contributed by atoms with Crippen LogP contribution in [0.15, 0.2) is 85.5 Å². The van der Waals surface area contributed by atoms with Crippen LogP contribution in [0.5, 0.6) is 0 Å². The Morgan fingerprint density at radius 1 is 1.03 bits per heavy atom. The molecule has 1 aliphatic rings. The lowest BCUT2D eigenvalue weighted by atomic mass is 10.2. The maximum atomic E-state index is 12.7. The van der Waals surface area contributed by atoms with Crippen LogP contribution < -0.4 is 9.73 Å². The molecule has 0 bridgehead atoms. The Bertz CT molecular complexity index is 1310. The van der Waals surface area contributed by atoms with Crippen LogP contribution in [0.1, 0.15) is 18.1 Å². The molecule has 0 fully saturated rings. The van der Waals surface area contributed by atoms with Gasteiger partial charge >= 0.3 is 0 Å². The molecule has 0 saturated carbocycles. The van der Waals surface area contributed by atoms with E-state index in [1.54, 1.807) is 26.0 Å². The summed E-state index contributed by atoms with van der Waals surface area (Å²) in [5.41, 5.74) is 3.16. The molecule has 10 heteroatoms. The van der Waals surface area contributed by atoms with Crippen LogP contribution in [0.4, 0.5) is 17.3 Å². The first-order valence-electron chi connectivity index (χ1n) is 9.79. The monoisotopic (exact) mass is 451 g/mol. The minimum absolute atomic E-state index is 0.0508. The minimum atomic E-state index is -3.82. The topological polar surface area (TPSA) is 117 Å². The number of benzene rings is 2. The zero-order valence-electron chi connectivity index (χ0n) is 17.7. The highest BCUT2D eigenvalue weighted by Gasteiger charge is 2.34. The van der Waals surface area contributed by atoms with Gasteiger partial charge in [-0.3, -0.25) is 4.79 Å². The van der Waals surface area contributed by atoms with E-state index in [2.05, 4.69) is 20.1 Å². The first-order valence-corrected chi connectivity index (χ1v) is 11.3. The smallest absolute Gasteiger partial charge is 0.280 e. The summed E-state index contributed by atoms with van der Waals surface area (Å²) >= 11 is 0. The van der Waals surface area contributed by atoms with Crippen LogP contribution in [0.3, 0.4) is 0 Å². The van der Waals surface area contributed by atoms with E-state index in [1.165, 1.54) is 35.5 Å². The van der Waals surface area contributed by atoms with Gasteiger partial charge in [-0.25, -0.2) is 13.1 Å². The molecule has 164 valence electrons. The van der Waals surface area contributed by atoms with E-state index in [9.17, 15) is 13.2 Å². The third-order valence-corrected chi connectivity index (χ3v) is 6.39. The second-order valence-electron chi connectivity index (χ2n) is 7.32. The van der Waals surface area contributed by atoms with Gasteiger partial charge in [0, 0.05) is 5.56 Å². The fraction of sp³-hybridized carbons (Fsp3) is 0.182. The number of azo groups is 1. The van der Waals surface area contributed by atoms with Crippen molar-refractivity contribution in [3.8, 4) is 0 Å². The quantitative estimate of drug-likeness (QED) is 0.552. The maximum Gasteiger partial charge on any atom is 0.280 e. The molecule has 1 N–H and O–H groups in total. The summed E-state index contributed by atoms with van der Waals surface area (Å²) in [5, 5.41) is 13.8. The number of amides is 1. The lowest BCUT2D eigenvalue weighted by molar-refractivity contribution is -0.117. The van der Waals surface area contributed by atoms with Crippen molar-refractivity contribution in [1.82, 2.24) is 0 Å². The van der Waals surface area contributed by atoms with E-state index in [4.69, 9.17) is 4.42 Å². The lowest BCUT2D eigenvalue weighted by Gasteiger charge is -2.11. The zero-order valence-corrected chi connectivity index (χ0v) is 18.5. The van der Waals surface area contributed by atoms with Gasteiger partial charge in [0.25, 0.3) is 15.9 Å². The van der Waals surface area contributed by atoms with Gasteiger partial charge in [-0.2, -0.15) is 20.3 Å². The second-order valence-corrected chi connectivity index (χ2v) is 9.00. The summed E-state index contributed by atoms with van der Waals surface area (Å²) in [6.07, 6.45) is 1.49. The SMILES string of the molecule is CC1=NN(c2ccccc2)C(=O)[C@@H]1N=Nc1ccc(S(=O)(=O)Nc2occ(C)c2C)cc1. The van der Waals surface area contributed by atoms with Crippen molar-refractivity contribution in [2.24, 2.45) is 15.3 Å². The normalized spacial score (nSPS) is 16.6. The average molecular weight is 452 g/mol. The molecule has 1 aliphatic heterocycles. The molecule has 2 heterocycles. The fourth-order valence-corrected chi connectivity index (χ4v) is 4.10. The molecule has 0 radical (unpaired) electrons. The molecular weight excluding hydrogens is 430 g/mol. The first kappa shape index (κ1) is 21.4. The Kier molecular flexibility index (Phi) is 5.62. The molecular formula is C22H21N5O4S. The number of hydrogen-bond donors (Lipinski definition) is 1. The van der Waals surface area contributed by atoms with Crippen molar-refractivity contribution < 1.29 is 17.6 Å². The van der Waals surface area contributed by atoms with Crippen molar-refractivity contribution in [2.45, 2.75) is 31.7 Å². The minimum Gasteiger partial charge on any atom is -0.447 e. The van der Waals surface area contributed by atoms with Crippen LogP contribution in [0, 0.1) is 13.8 Å². The maximum absolute atomic E-state index is 12.7.